The summed E-state index contributed by atoms with van der Waals surface area (Å²) in [6, 6.07) is 0. The van der Waals surface area contributed by atoms with Crippen LogP contribution in [0.4, 0.5) is 0 Å². The molecular formula is C7H14N4. The Morgan fingerprint density at radius 2 is 2.27 bits per heavy atom. The van der Waals surface area contributed by atoms with E-state index in [4.69, 9.17) is 11.5 Å². The Labute approximate surface area is 66.3 Å². The van der Waals surface area contributed by atoms with Crippen LogP contribution in [-0.2, 0) is 0 Å². The molecule has 0 radical (unpaired) electrons. The Balaban J connectivity index is 2.88. The highest BCUT2D eigenvalue weighted by molar-refractivity contribution is 5.73. The molecular weight excluding hydrogens is 140 g/mol. The van der Waals surface area contributed by atoms with Crippen molar-refractivity contribution in [2.24, 2.45) is 22.5 Å². The molecule has 0 aliphatic carbocycles. The standard InChI is InChI=1S/C7H14N4/c1-5(2)7(9)6(8)3-4-10-11-7/h3-5,11H,8-9H2,1-2H3. The van der Waals surface area contributed by atoms with Gasteiger partial charge in [-0.25, -0.2) is 0 Å². The first kappa shape index (κ1) is 8.07. The van der Waals surface area contributed by atoms with E-state index in [1.54, 1.807) is 12.3 Å². The lowest BCUT2D eigenvalue weighted by molar-refractivity contribution is 0.293. The molecule has 0 bridgehead atoms. The summed E-state index contributed by atoms with van der Waals surface area (Å²) in [6.45, 7) is 3.99. The zero-order valence-corrected chi connectivity index (χ0v) is 6.83. The second-order valence-electron chi connectivity index (χ2n) is 3.04. The monoisotopic (exact) mass is 154 g/mol. The molecule has 0 aromatic carbocycles. The van der Waals surface area contributed by atoms with Gasteiger partial charge in [0.1, 0.15) is 5.66 Å². The summed E-state index contributed by atoms with van der Waals surface area (Å²) in [5.41, 5.74) is 14.4. The van der Waals surface area contributed by atoms with Gasteiger partial charge in [0.15, 0.2) is 0 Å². The minimum atomic E-state index is -0.672. The van der Waals surface area contributed by atoms with Gasteiger partial charge in [0.25, 0.3) is 0 Å². The Kier molecular flexibility index (Phi) is 1.87. The van der Waals surface area contributed by atoms with E-state index in [0.717, 1.165) is 0 Å². The molecule has 62 valence electrons. The van der Waals surface area contributed by atoms with Gasteiger partial charge in [-0.1, -0.05) is 13.8 Å². The maximum atomic E-state index is 5.93. The maximum Gasteiger partial charge on any atom is 0.144 e. The molecule has 0 fully saturated rings. The lowest BCUT2D eigenvalue weighted by Crippen LogP contribution is -2.60. The molecule has 1 unspecified atom stereocenters. The van der Waals surface area contributed by atoms with E-state index in [-0.39, 0.29) is 5.92 Å². The molecule has 0 saturated carbocycles. The summed E-state index contributed by atoms with van der Waals surface area (Å²) in [5, 5.41) is 3.85. The van der Waals surface area contributed by atoms with Crippen LogP contribution in [-0.4, -0.2) is 11.9 Å². The quantitative estimate of drug-likeness (QED) is 0.486. The fourth-order valence-corrected chi connectivity index (χ4v) is 0.927. The van der Waals surface area contributed by atoms with E-state index in [1.165, 1.54) is 0 Å². The van der Waals surface area contributed by atoms with Crippen molar-refractivity contribution in [1.29, 1.82) is 0 Å². The van der Waals surface area contributed by atoms with Crippen molar-refractivity contribution >= 4 is 6.21 Å². The van der Waals surface area contributed by atoms with Crippen molar-refractivity contribution in [2.75, 3.05) is 0 Å². The molecule has 0 aromatic heterocycles. The van der Waals surface area contributed by atoms with Crippen molar-refractivity contribution in [2.45, 2.75) is 19.5 Å². The van der Waals surface area contributed by atoms with Crippen molar-refractivity contribution in [3.63, 3.8) is 0 Å². The van der Waals surface area contributed by atoms with Crippen LogP contribution < -0.4 is 16.9 Å². The van der Waals surface area contributed by atoms with E-state index in [2.05, 4.69) is 10.5 Å². The first-order chi connectivity index (χ1) is 5.07. The van der Waals surface area contributed by atoms with Gasteiger partial charge in [-0.15, -0.1) is 0 Å². The zero-order valence-electron chi connectivity index (χ0n) is 6.83. The molecule has 0 spiro atoms. The molecule has 11 heavy (non-hydrogen) atoms. The first-order valence-corrected chi connectivity index (χ1v) is 3.62. The van der Waals surface area contributed by atoms with Gasteiger partial charge in [-0.2, -0.15) is 5.10 Å². The van der Waals surface area contributed by atoms with Crippen molar-refractivity contribution in [3.8, 4) is 0 Å². The smallest absolute Gasteiger partial charge is 0.144 e. The van der Waals surface area contributed by atoms with Gasteiger partial charge in [0.2, 0.25) is 0 Å². The Morgan fingerprint density at radius 3 is 2.64 bits per heavy atom. The Morgan fingerprint density at radius 1 is 1.64 bits per heavy atom. The van der Waals surface area contributed by atoms with Crippen LogP contribution in [0.5, 0.6) is 0 Å². The summed E-state index contributed by atoms with van der Waals surface area (Å²) < 4.78 is 0. The number of nitrogens with two attached hydrogens (primary N) is 2. The predicted molar refractivity (Wildman–Crippen MR) is 45.7 cm³/mol. The highest BCUT2D eigenvalue weighted by Crippen LogP contribution is 2.17. The average molecular weight is 154 g/mol. The average Bonchev–Trinajstić information content (AvgIpc) is 1.95. The van der Waals surface area contributed by atoms with Gasteiger partial charge in [0, 0.05) is 6.21 Å². The molecule has 1 aliphatic rings. The molecule has 0 amide bonds. The molecule has 4 heteroatoms. The zero-order chi connectivity index (χ0) is 8.48. The molecule has 4 nitrogen and oxygen atoms in total. The normalized spacial score (nSPS) is 30.0. The largest absolute Gasteiger partial charge is 0.399 e. The lowest BCUT2D eigenvalue weighted by Gasteiger charge is -2.34. The molecule has 1 aliphatic heterocycles. The fraction of sp³-hybridized carbons (Fsp3) is 0.571. The maximum absolute atomic E-state index is 5.93. The van der Waals surface area contributed by atoms with E-state index in [9.17, 15) is 0 Å². The minimum Gasteiger partial charge on any atom is -0.399 e. The molecule has 1 atom stereocenters. The number of hydrogen-bond donors (Lipinski definition) is 3. The third-order valence-corrected chi connectivity index (χ3v) is 1.97. The topological polar surface area (TPSA) is 76.4 Å². The van der Waals surface area contributed by atoms with Gasteiger partial charge in [-0.3, -0.25) is 5.43 Å². The van der Waals surface area contributed by atoms with Crippen LogP contribution in [0.15, 0.2) is 16.9 Å². The highest BCUT2D eigenvalue weighted by atomic mass is 15.4. The predicted octanol–water partition coefficient (Wildman–Crippen LogP) is -0.271. The summed E-state index contributed by atoms with van der Waals surface area (Å²) in [7, 11) is 0. The summed E-state index contributed by atoms with van der Waals surface area (Å²) in [4.78, 5) is 0. The van der Waals surface area contributed by atoms with Crippen LogP contribution in [0.25, 0.3) is 0 Å². The van der Waals surface area contributed by atoms with Crippen molar-refractivity contribution < 1.29 is 0 Å². The second-order valence-corrected chi connectivity index (χ2v) is 3.04. The summed E-state index contributed by atoms with van der Waals surface area (Å²) in [5.74, 6) is 0.219. The summed E-state index contributed by atoms with van der Waals surface area (Å²) >= 11 is 0. The first-order valence-electron chi connectivity index (χ1n) is 3.62. The second kappa shape index (κ2) is 2.54. The van der Waals surface area contributed by atoms with Crippen molar-refractivity contribution in [1.82, 2.24) is 5.43 Å². The number of rotatable bonds is 1. The molecule has 1 heterocycles. The highest BCUT2D eigenvalue weighted by Gasteiger charge is 2.32. The third kappa shape index (κ3) is 1.21. The van der Waals surface area contributed by atoms with E-state index < -0.39 is 5.66 Å². The van der Waals surface area contributed by atoms with Crippen molar-refractivity contribution in [3.05, 3.63) is 11.8 Å². The van der Waals surface area contributed by atoms with Gasteiger partial charge >= 0.3 is 0 Å². The number of nitrogens with one attached hydrogen (secondary N) is 1. The molecule has 0 saturated heterocycles. The molecule has 5 N–H and O–H groups in total. The minimum absolute atomic E-state index is 0.219. The fourth-order valence-electron chi connectivity index (χ4n) is 0.927. The summed E-state index contributed by atoms with van der Waals surface area (Å²) in [6.07, 6.45) is 3.32. The van der Waals surface area contributed by atoms with E-state index >= 15 is 0 Å². The Bertz CT molecular complexity index is 206. The number of hydrogen-bond acceptors (Lipinski definition) is 4. The number of nitrogens with zero attached hydrogens (tertiary/aromatic N) is 1. The van der Waals surface area contributed by atoms with Gasteiger partial charge in [0.05, 0.1) is 5.70 Å². The van der Waals surface area contributed by atoms with E-state index in [1.807, 2.05) is 13.8 Å². The lowest BCUT2D eigenvalue weighted by atomic mass is 9.93. The van der Waals surface area contributed by atoms with Crippen LogP contribution in [0, 0.1) is 5.92 Å². The molecule has 1 rings (SSSR count). The third-order valence-electron chi connectivity index (χ3n) is 1.97. The van der Waals surface area contributed by atoms with E-state index in [0.29, 0.717) is 5.70 Å². The van der Waals surface area contributed by atoms with Gasteiger partial charge in [-0.05, 0) is 12.0 Å². The van der Waals surface area contributed by atoms with Crippen LogP contribution in [0.1, 0.15) is 13.8 Å². The molecule has 0 aromatic rings. The van der Waals surface area contributed by atoms with Crippen LogP contribution in [0.3, 0.4) is 0 Å². The number of hydrazone groups is 1. The number of allylic oxidation sites excluding steroid dienone is 1. The Hall–Kier alpha value is -1.03. The van der Waals surface area contributed by atoms with Crippen LogP contribution >= 0.6 is 0 Å². The van der Waals surface area contributed by atoms with Gasteiger partial charge < -0.3 is 11.5 Å². The van der Waals surface area contributed by atoms with Crippen LogP contribution in [0.2, 0.25) is 0 Å². The SMILES string of the molecule is CC(C)C1(N)NN=CC=C1N.